The number of fused-ring (bicyclic) bond motifs is 1. The van der Waals surface area contributed by atoms with E-state index in [2.05, 4.69) is 38.2 Å². The second-order valence-electron chi connectivity index (χ2n) is 5.45. The van der Waals surface area contributed by atoms with Crippen LogP contribution in [0.25, 0.3) is 11.0 Å². The number of aromatic nitrogens is 4. The maximum absolute atomic E-state index is 11.9. The summed E-state index contributed by atoms with van der Waals surface area (Å²) >= 11 is 0. The van der Waals surface area contributed by atoms with Gasteiger partial charge in [0.1, 0.15) is 11.6 Å². The Bertz CT molecular complexity index is 637. The molecule has 7 heteroatoms. The Morgan fingerprint density at radius 2 is 2.21 bits per heavy atom. The molecule has 0 atom stereocenters. The minimum atomic E-state index is -0.207. The third-order valence-corrected chi connectivity index (χ3v) is 4.00. The van der Waals surface area contributed by atoms with Crippen molar-refractivity contribution in [2.75, 3.05) is 24.5 Å². The molecule has 7 nitrogen and oxygen atoms in total. The number of aromatic amines is 2. The summed E-state index contributed by atoms with van der Waals surface area (Å²) in [6, 6.07) is 0. The first-order valence-electron chi connectivity index (χ1n) is 6.42. The molecule has 1 fully saturated rings. The lowest BCUT2D eigenvalue weighted by Crippen LogP contribution is -2.43. The Labute approximate surface area is 110 Å². The molecular weight excluding hydrogens is 244 g/mol. The van der Waals surface area contributed by atoms with Crippen molar-refractivity contribution in [3.8, 4) is 0 Å². The van der Waals surface area contributed by atoms with Crippen molar-refractivity contribution in [2.45, 2.75) is 19.8 Å². The van der Waals surface area contributed by atoms with E-state index in [4.69, 9.17) is 5.73 Å². The average Bonchev–Trinajstić information content (AvgIpc) is 2.88. The fourth-order valence-corrected chi connectivity index (χ4v) is 2.40. The Balaban J connectivity index is 1.87. The highest BCUT2D eigenvalue weighted by atomic mass is 16.1. The van der Waals surface area contributed by atoms with Crippen molar-refractivity contribution < 1.29 is 0 Å². The van der Waals surface area contributed by atoms with E-state index in [0.29, 0.717) is 23.5 Å². The number of hydrogen-bond acceptors (Lipinski definition) is 5. The van der Waals surface area contributed by atoms with Crippen LogP contribution in [-0.4, -0.2) is 39.8 Å². The molecule has 4 N–H and O–H groups in total. The van der Waals surface area contributed by atoms with E-state index in [1.54, 1.807) is 0 Å². The molecular formula is C12H17N6O. The lowest BCUT2D eigenvalue weighted by molar-refractivity contribution is 0.257. The molecule has 0 amide bonds. The van der Waals surface area contributed by atoms with Gasteiger partial charge in [0.2, 0.25) is 5.95 Å². The van der Waals surface area contributed by atoms with Crippen LogP contribution >= 0.6 is 0 Å². The van der Waals surface area contributed by atoms with Gasteiger partial charge in [0.25, 0.3) is 5.56 Å². The van der Waals surface area contributed by atoms with Crippen LogP contribution in [0.1, 0.15) is 19.8 Å². The van der Waals surface area contributed by atoms with Crippen molar-refractivity contribution >= 4 is 17.0 Å². The Kier molecular flexibility index (Phi) is 2.78. The SMILES string of the molecule is CC1(CN)CCN(c2nc3[nH]n[c]c3c(=O)[nH]2)CC1. The Hall–Kier alpha value is -1.89. The summed E-state index contributed by atoms with van der Waals surface area (Å²) in [6.45, 7) is 4.59. The molecule has 1 aliphatic heterocycles. The van der Waals surface area contributed by atoms with Gasteiger partial charge in [0.15, 0.2) is 5.65 Å². The van der Waals surface area contributed by atoms with Gasteiger partial charge in [0.05, 0.1) is 0 Å². The number of H-pyrrole nitrogens is 2. The lowest BCUT2D eigenvalue weighted by atomic mass is 9.81. The molecule has 1 aliphatic rings. The van der Waals surface area contributed by atoms with Crippen LogP contribution in [-0.2, 0) is 0 Å². The molecule has 19 heavy (non-hydrogen) atoms. The van der Waals surface area contributed by atoms with Crippen LogP contribution in [0.15, 0.2) is 4.79 Å². The molecule has 2 aromatic rings. The molecule has 0 unspecified atom stereocenters. The minimum absolute atomic E-state index is 0.197. The molecule has 2 aromatic heterocycles. The minimum Gasteiger partial charge on any atom is -0.342 e. The van der Waals surface area contributed by atoms with E-state index < -0.39 is 0 Å². The van der Waals surface area contributed by atoms with Crippen molar-refractivity contribution in [2.24, 2.45) is 11.1 Å². The van der Waals surface area contributed by atoms with Gasteiger partial charge in [-0.25, -0.2) is 0 Å². The third kappa shape index (κ3) is 2.10. The Morgan fingerprint density at radius 3 is 2.89 bits per heavy atom. The summed E-state index contributed by atoms with van der Waals surface area (Å²) in [5.74, 6) is 0.592. The molecule has 0 aliphatic carbocycles. The van der Waals surface area contributed by atoms with Gasteiger partial charge in [-0.3, -0.25) is 14.9 Å². The number of rotatable bonds is 2. The lowest BCUT2D eigenvalue weighted by Gasteiger charge is -2.38. The van der Waals surface area contributed by atoms with Crippen LogP contribution in [0.4, 0.5) is 5.95 Å². The van der Waals surface area contributed by atoms with Gasteiger partial charge in [0, 0.05) is 13.1 Å². The van der Waals surface area contributed by atoms with E-state index in [0.717, 1.165) is 25.9 Å². The van der Waals surface area contributed by atoms with Crippen LogP contribution in [0.5, 0.6) is 0 Å². The molecule has 1 radical (unpaired) electrons. The monoisotopic (exact) mass is 261 g/mol. The first kappa shape index (κ1) is 12.2. The van der Waals surface area contributed by atoms with E-state index in [1.807, 2.05) is 0 Å². The number of nitrogens with zero attached hydrogens (tertiary/aromatic N) is 3. The Morgan fingerprint density at radius 1 is 1.47 bits per heavy atom. The van der Waals surface area contributed by atoms with Crippen LogP contribution < -0.4 is 16.2 Å². The largest absolute Gasteiger partial charge is 0.342 e. The second kappa shape index (κ2) is 4.34. The number of piperidine rings is 1. The van der Waals surface area contributed by atoms with E-state index >= 15 is 0 Å². The quantitative estimate of drug-likeness (QED) is 0.706. The van der Waals surface area contributed by atoms with Gasteiger partial charge in [-0.05, 0) is 24.8 Å². The summed E-state index contributed by atoms with van der Waals surface area (Å²) in [4.78, 5) is 21.1. The smallest absolute Gasteiger partial charge is 0.264 e. The third-order valence-electron chi connectivity index (χ3n) is 4.00. The summed E-state index contributed by atoms with van der Waals surface area (Å²) in [5, 5.41) is 6.77. The summed E-state index contributed by atoms with van der Waals surface area (Å²) in [5.41, 5.74) is 6.26. The first-order chi connectivity index (χ1) is 9.11. The van der Waals surface area contributed by atoms with E-state index in [-0.39, 0.29) is 11.0 Å². The zero-order valence-electron chi connectivity index (χ0n) is 10.9. The van der Waals surface area contributed by atoms with Gasteiger partial charge in [-0.2, -0.15) is 10.1 Å². The molecule has 1 saturated heterocycles. The molecule has 3 rings (SSSR count). The van der Waals surface area contributed by atoms with Crippen molar-refractivity contribution in [1.82, 2.24) is 20.2 Å². The average molecular weight is 261 g/mol. The second-order valence-corrected chi connectivity index (χ2v) is 5.45. The molecule has 101 valence electrons. The molecule has 0 bridgehead atoms. The highest BCUT2D eigenvalue weighted by molar-refractivity contribution is 5.72. The van der Waals surface area contributed by atoms with Crippen LogP contribution in [0.3, 0.4) is 0 Å². The number of anilines is 1. The van der Waals surface area contributed by atoms with Crippen LogP contribution in [0, 0.1) is 11.6 Å². The van der Waals surface area contributed by atoms with Crippen molar-refractivity contribution in [3.05, 3.63) is 16.6 Å². The predicted molar refractivity (Wildman–Crippen MR) is 72.0 cm³/mol. The summed E-state index contributed by atoms with van der Waals surface area (Å²) in [6.07, 6.45) is 4.59. The number of hydrogen-bond donors (Lipinski definition) is 3. The highest BCUT2D eigenvalue weighted by Crippen LogP contribution is 2.30. The highest BCUT2D eigenvalue weighted by Gasteiger charge is 2.29. The fraction of sp³-hybridized carbons (Fsp3) is 0.583. The van der Waals surface area contributed by atoms with Gasteiger partial charge < -0.3 is 10.6 Å². The van der Waals surface area contributed by atoms with E-state index in [9.17, 15) is 4.79 Å². The first-order valence-corrected chi connectivity index (χ1v) is 6.42. The summed E-state index contributed by atoms with van der Waals surface area (Å²) < 4.78 is 0. The topological polar surface area (TPSA) is 104 Å². The molecule has 0 spiro atoms. The molecule has 0 saturated carbocycles. The zero-order chi connectivity index (χ0) is 13.5. The fourth-order valence-electron chi connectivity index (χ4n) is 2.40. The van der Waals surface area contributed by atoms with Crippen molar-refractivity contribution in [1.29, 1.82) is 0 Å². The number of nitrogens with two attached hydrogens (primary N) is 1. The summed E-state index contributed by atoms with van der Waals surface area (Å²) in [7, 11) is 0. The molecule has 3 heterocycles. The van der Waals surface area contributed by atoms with Gasteiger partial charge >= 0.3 is 0 Å². The predicted octanol–water partition coefficient (Wildman–Crippen LogP) is 0.0116. The molecule has 0 aromatic carbocycles. The van der Waals surface area contributed by atoms with Gasteiger partial charge in [-0.15, -0.1) is 0 Å². The van der Waals surface area contributed by atoms with Gasteiger partial charge in [-0.1, -0.05) is 6.92 Å². The maximum atomic E-state index is 11.9. The van der Waals surface area contributed by atoms with E-state index in [1.165, 1.54) is 0 Å². The number of nitrogens with one attached hydrogen (secondary N) is 2. The standard InChI is InChI=1S/C12H17N6O/c1-12(7-13)2-4-18(5-3-12)11-15-9-8(6-14-17-9)10(19)16-11/h2-5,7,13H2,1H3,(H2,14,15,16,17,19). The normalized spacial score (nSPS) is 18.9. The maximum Gasteiger partial charge on any atom is 0.264 e. The zero-order valence-corrected chi connectivity index (χ0v) is 10.9. The van der Waals surface area contributed by atoms with Crippen LogP contribution in [0.2, 0.25) is 0 Å². The van der Waals surface area contributed by atoms with Crippen molar-refractivity contribution in [3.63, 3.8) is 0 Å².